The number of anilines is 1. The number of para-hydroxylation sites is 2. The molecule has 0 bridgehead atoms. The van der Waals surface area contributed by atoms with Crippen molar-refractivity contribution in [3.63, 3.8) is 0 Å². The number of halogens is 1. The molecule has 25 heavy (non-hydrogen) atoms. The number of furan rings is 1. The molecular formula is C20H18ClNO3. The number of benzene rings is 2. The molecule has 2 aromatic carbocycles. The average Bonchev–Trinajstić information content (AvgIpc) is 2.90. The summed E-state index contributed by atoms with van der Waals surface area (Å²) in [5.74, 6) is 1.60. The number of carbonyl (C=O) groups excluding carboxylic acids is 1. The smallest absolute Gasteiger partial charge is 0.259 e. The number of carbonyl (C=O) groups is 1. The quantitative estimate of drug-likeness (QED) is 0.674. The number of ether oxygens (including phenoxy) is 1. The van der Waals surface area contributed by atoms with Gasteiger partial charge in [-0.15, -0.1) is 0 Å². The molecule has 128 valence electrons. The zero-order valence-electron chi connectivity index (χ0n) is 14.2. The van der Waals surface area contributed by atoms with Crippen LogP contribution in [0.3, 0.4) is 0 Å². The summed E-state index contributed by atoms with van der Waals surface area (Å²) >= 11 is 5.97. The Kier molecular flexibility index (Phi) is 4.81. The molecule has 0 fully saturated rings. The van der Waals surface area contributed by atoms with E-state index in [0.29, 0.717) is 33.5 Å². The number of rotatable bonds is 4. The molecule has 0 aliphatic rings. The number of hydrogen-bond donors (Lipinski definition) is 1. The predicted octanol–water partition coefficient (Wildman–Crippen LogP) is 5.48. The highest BCUT2D eigenvalue weighted by atomic mass is 35.5. The van der Waals surface area contributed by atoms with Gasteiger partial charge in [-0.3, -0.25) is 4.79 Å². The fourth-order valence-electron chi connectivity index (χ4n) is 2.85. The van der Waals surface area contributed by atoms with E-state index in [1.807, 2.05) is 31.2 Å². The van der Waals surface area contributed by atoms with Crippen LogP contribution >= 0.6 is 11.6 Å². The van der Waals surface area contributed by atoms with Gasteiger partial charge in [-0.25, -0.2) is 0 Å². The maximum absolute atomic E-state index is 12.9. The van der Waals surface area contributed by atoms with E-state index in [9.17, 15) is 4.79 Å². The fourth-order valence-corrected chi connectivity index (χ4v) is 2.98. The highest BCUT2D eigenvalue weighted by Crippen LogP contribution is 2.34. The zero-order chi connectivity index (χ0) is 18.0. The molecule has 0 atom stereocenters. The van der Waals surface area contributed by atoms with Crippen LogP contribution in [-0.4, -0.2) is 13.0 Å². The van der Waals surface area contributed by atoms with E-state index in [2.05, 4.69) is 5.32 Å². The first-order valence-corrected chi connectivity index (χ1v) is 8.19. The molecule has 0 spiro atoms. The second kappa shape index (κ2) is 7.03. The van der Waals surface area contributed by atoms with E-state index < -0.39 is 0 Å². The number of amides is 1. The lowest BCUT2D eigenvalue weighted by molar-refractivity contribution is 0.102. The van der Waals surface area contributed by atoms with Crippen LogP contribution in [-0.2, 0) is 0 Å². The molecule has 4 nitrogen and oxygen atoms in total. The van der Waals surface area contributed by atoms with Gasteiger partial charge in [0.2, 0.25) is 0 Å². The van der Waals surface area contributed by atoms with Gasteiger partial charge in [0.1, 0.15) is 17.3 Å². The average molecular weight is 356 g/mol. The lowest BCUT2D eigenvalue weighted by Gasteiger charge is -2.11. The van der Waals surface area contributed by atoms with Gasteiger partial charge in [-0.05, 0) is 43.7 Å². The Bertz CT molecular complexity index is 913. The number of aryl methyl sites for hydroxylation is 2. The van der Waals surface area contributed by atoms with E-state index in [4.69, 9.17) is 20.8 Å². The van der Waals surface area contributed by atoms with E-state index in [1.165, 1.54) is 0 Å². The van der Waals surface area contributed by atoms with Crippen molar-refractivity contribution < 1.29 is 13.9 Å². The molecule has 1 heterocycles. The highest BCUT2D eigenvalue weighted by molar-refractivity contribution is 6.30. The third-order valence-corrected chi connectivity index (χ3v) is 4.23. The van der Waals surface area contributed by atoms with Gasteiger partial charge in [-0.2, -0.15) is 0 Å². The lowest BCUT2D eigenvalue weighted by atomic mass is 10.00. The van der Waals surface area contributed by atoms with Gasteiger partial charge in [0.15, 0.2) is 0 Å². The zero-order valence-corrected chi connectivity index (χ0v) is 15.0. The third-order valence-electron chi connectivity index (χ3n) is 3.98. The first kappa shape index (κ1) is 17.1. The Morgan fingerprint density at radius 2 is 1.72 bits per heavy atom. The largest absolute Gasteiger partial charge is 0.495 e. The van der Waals surface area contributed by atoms with Gasteiger partial charge in [0.25, 0.3) is 5.91 Å². The summed E-state index contributed by atoms with van der Waals surface area (Å²) < 4.78 is 11.0. The number of hydrogen-bond acceptors (Lipinski definition) is 3. The fraction of sp³-hybridized carbons (Fsp3) is 0.150. The summed E-state index contributed by atoms with van der Waals surface area (Å²) in [6.45, 7) is 3.63. The predicted molar refractivity (Wildman–Crippen MR) is 99.6 cm³/mol. The topological polar surface area (TPSA) is 51.5 Å². The molecular weight excluding hydrogens is 338 g/mol. The molecule has 5 heteroatoms. The van der Waals surface area contributed by atoms with Crippen molar-refractivity contribution in [1.82, 2.24) is 0 Å². The summed E-state index contributed by atoms with van der Waals surface area (Å²) in [6, 6.07) is 14.6. The number of nitrogens with one attached hydrogen (secondary N) is 1. The van der Waals surface area contributed by atoms with Crippen LogP contribution in [0.25, 0.3) is 11.1 Å². The van der Waals surface area contributed by atoms with Crippen LogP contribution < -0.4 is 10.1 Å². The van der Waals surface area contributed by atoms with Crippen LogP contribution in [0, 0.1) is 13.8 Å². The molecule has 0 saturated carbocycles. The Hall–Kier alpha value is -2.72. The van der Waals surface area contributed by atoms with E-state index in [0.717, 1.165) is 11.1 Å². The second-order valence-electron chi connectivity index (χ2n) is 5.63. The van der Waals surface area contributed by atoms with Crippen molar-refractivity contribution in [3.8, 4) is 16.9 Å². The van der Waals surface area contributed by atoms with Gasteiger partial charge in [-0.1, -0.05) is 35.9 Å². The monoisotopic (exact) mass is 355 g/mol. The molecule has 3 rings (SSSR count). The van der Waals surface area contributed by atoms with Crippen LogP contribution in [0.2, 0.25) is 5.02 Å². The molecule has 0 unspecified atom stereocenters. The Balaban J connectivity index is 2.02. The van der Waals surface area contributed by atoms with Crippen LogP contribution in [0.4, 0.5) is 5.69 Å². The van der Waals surface area contributed by atoms with Crippen LogP contribution in [0.1, 0.15) is 21.9 Å². The van der Waals surface area contributed by atoms with E-state index >= 15 is 0 Å². The molecule has 1 amide bonds. The molecule has 3 aromatic rings. The Labute approximate surface area is 151 Å². The second-order valence-corrected chi connectivity index (χ2v) is 6.06. The first-order chi connectivity index (χ1) is 12.0. The van der Waals surface area contributed by atoms with E-state index in [-0.39, 0.29) is 5.91 Å². The summed E-state index contributed by atoms with van der Waals surface area (Å²) in [6.07, 6.45) is 0. The molecule has 1 N–H and O–H groups in total. The van der Waals surface area contributed by atoms with Gasteiger partial charge in [0, 0.05) is 10.6 Å². The highest BCUT2D eigenvalue weighted by Gasteiger charge is 2.23. The van der Waals surface area contributed by atoms with Crippen molar-refractivity contribution in [3.05, 3.63) is 70.6 Å². The maximum Gasteiger partial charge on any atom is 0.259 e. The Morgan fingerprint density at radius 1 is 1.04 bits per heavy atom. The SMILES string of the molecule is COc1ccccc1NC(=O)c1c(C)oc(C)c1-c1ccc(Cl)cc1. The molecule has 0 aliphatic heterocycles. The van der Waals surface area contributed by atoms with Crippen molar-refractivity contribution in [2.75, 3.05) is 12.4 Å². The maximum atomic E-state index is 12.9. The minimum Gasteiger partial charge on any atom is -0.495 e. The molecule has 0 saturated heterocycles. The summed E-state index contributed by atoms with van der Waals surface area (Å²) in [7, 11) is 1.57. The third kappa shape index (κ3) is 3.39. The van der Waals surface area contributed by atoms with Crippen LogP contribution in [0.15, 0.2) is 52.9 Å². The lowest BCUT2D eigenvalue weighted by Crippen LogP contribution is -2.14. The van der Waals surface area contributed by atoms with Gasteiger partial charge < -0.3 is 14.5 Å². The molecule has 1 aromatic heterocycles. The summed E-state index contributed by atoms with van der Waals surface area (Å²) in [4.78, 5) is 12.9. The van der Waals surface area contributed by atoms with Gasteiger partial charge in [0.05, 0.1) is 18.4 Å². The van der Waals surface area contributed by atoms with Crippen LogP contribution in [0.5, 0.6) is 5.75 Å². The van der Waals surface area contributed by atoms with Crippen molar-refractivity contribution in [2.24, 2.45) is 0 Å². The Morgan fingerprint density at radius 3 is 2.40 bits per heavy atom. The molecule has 0 aliphatic carbocycles. The van der Waals surface area contributed by atoms with Crippen molar-refractivity contribution in [2.45, 2.75) is 13.8 Å². The molecule has 0 radical (unpaired) electrons. The minimum absolute atomic E-state index is 0.246. The van der Waals surface area contributed by atoms with Crippen molar-refractivity contribution in [1.29, 1.82) is 0 Å². The van der Waals surface area contributed by atoms with Gasteiger partial charge >= 0.3 is 0 Å². The van der Waals surface area contributed by atoms with Crippen molar-refractivity contribution >= 4 is 23.2 Å². The summed E-state index contributed by atoms with van der Waals surface area (Å²) in [5, 5.41) is 3.54. The minimum atomic E-state index is -0.246. The number of methoxy groups -OCH3 is 1. The normalized spacial score (nSPS) is 10.6. The van der Waals surface area contributed by atoms with E-state index in [1.54, 1.807) is 38.3 Å². The first-order valence-electron chi connectivity index (χ1n) is 7.81. The standard InChI is InChI=1S/C20H18ClNO3/c1-12-18(14-8-10-15(21)11-9-14)19(13(2)25-12)20(23)22-16-6-4-5-7-17(16)24-3/h4-11H,1-3H3,(H,22,23). The summed E-state index contributed by atoms with van der Waals surface area (Å²) in [5.41, 5.74) is 2.76.